The molecule has 1 aliphatic heterocycles. The van der Waals surface area contributed by atoms with Gasteiger partial charge in [-0.15, -0.1) is 0 Å². The van der Waals surface area contributed by atoms with Crippen molar-refractivity contribution < 1.29 is 4.74 Å². The minimum Gasteiger partial charge on any atom is -0.497 e. The maximum absolute atomic E-state index is 9.04. The SMILES string of the molecule is CNC(NCC1CCCN(Cc2ccc(OC)cc2)C1)C(C#N)C#N. The van der Waals surface area contributed by atoms with Crippen LogP contribution in [-0.2, 0) is 6.54 Å². The first-order valence-electron chi connectivity index (χ1n) is 8.75. The third-order valence-electron chi connectivity index (χ3n) is 4.72. The fourth-order valence-electron chi connectivity index (χ4n) is 3.31. The van der Waals surface area contributed by atoms with E-state index in [1.54, 1.807) is 14.2 Å². The number of hydrogen-bond donors (Lipinski definition) is 2. The summed E-state index contributed by atoms with van der Waals surface area (Å²) in [5, 5.41) is 24.4. The monoisotopic (exact) mass is 341 g/mol. The van der Waals surface area contributed by atoms with Crippen LogP contribution in [-0.4, -0.2) is 44.9 Å². The van der Waals surface area contributed by atoms with Crippen molar-refractivity contribution in [2.24, 2.45) is 11.8 Å². The van der Waals surface area contributed by atoms with Gasteiger partial charge in [-0.2, -0.15) is 10.5 Å². The van der Waals surface area contributed by atoms with Crippen molar-refractivity contribution in [3.8, 4) is 17.9 Å². The molecule has 0 spiro atoms. The molecule has 1 fully saturated rings. The van der Waals surface area contributed by atoms with E-state index in [1.165, 1.54) is 18.4 Å². The normalized spacial score (nSPS) is 19.2. The van der Waals surface area contributed by atoms with E-state index >= 15 is 0 Å². The Morgan fingerprint density at radius 1 is 1.28 bits per heavy atom. The van der Waals surface area contributed by atoms with Gasteiger partial charge in [-0.1, -0.05) is 12.1 Å². The summed E-state index contributed by atoms with van der Waals surface area (Å²) in [5.41, 5.74) is 1.29. The van der Waals surface area contributed by atoms with Crippen LogP contribution in [0.5, 0.6) is 5.75 Å². The Labute approximate surface area is 150 Å². The van der Waals surface area contributed by atoms with Gasteiger partial charge in [0, 0.05) is 19.6 Å². The highest BCUT2D eigenvalue weighted by Crippen LogP contribution is 2.19. The zero-order valence-corrected chi connectivity index (χ0v) is 15.0. The van der Waals surface area contributed by atoms with Crippen molar-refractivity contribution in [1.29, 1.82) is 10.5 Å². The van der Waals surface area contributed by atoms with E-state index in [-0.39, 0.29) is 6.17 Å². The Morgan fingerprint density at radius 2 is 2.00 bits per heavy atom. The fraction of sp³-hybridized carbons (Fsp3) is 0.579. The lowest BCUT2D eigenvalue weighted by Gasteiger charge is -2.34. The van der Waals surface area contributed by atoms with Gasteiger partial charge in [0.15, 0.2) is 5.92 Å². The Kier molecular flexibility index (Phi) is 7.69. The van der Waals surface area contributed by atoms with E-state index in [9.17, 15) is 0 Å². The Bertz CT molecular complexity index is 590. The Morgan fingerprint density at radius 3 is 2.60 bits per heavy atom. The number of nitrogens with zero attached hydrogens (tertiary/aromatic N) is 3. The first-order valence-corrected chi connectivity index (χ1v) is 8.75. The van der Waals surface area contributed by atoms with Crippen LogP contribution in [0.1, 0.15) is 18.4 Å². The molecule has 25 heavy (non-hydrogen) atoms. The lowest BCUT2D eigenvalue weighted by atomic mass is 9.97. The molecule has 2 unspecified atom stereocenters. The summed E-state index contributed by atoms with van der Waals surface area (Å²) in [6.07, 6.45) is 2.06. The lowest BCUT2D eigenvalue weighted by molar-refractivity contribution is 0.161. The molecule has 1 heterocycles. The van der Waals surface area contributed by atoms with Crippen LogP contribution in [0.4, 0.5) is 0 Å². The molecule has 0 bridgehead atoms. The second-order valence-corrected chi connectivity index (χ2v) is 6.50. The number of likely N-dealkylation sites (tertiary alicyclic amines) is 1. The predicted molar refractivity (Wildman–Crippen MR) is 96.6 cm³/mol. The van der Waals surface area contributed by atoms with Crippen molar-refractivity contribution >= 4 is 0 Å². The van der Waals surface area contributed by atoms with E-state index in [1.807, 2.05) is 24.3 Å². The second-order valence-electron chi connectivity index (χ2n) is 6.50. The molecule has 0 aliphatic carbocycles. The average Bonchev–Trinajstić information content (AvgIpc) is 2.66. The third-order valence-corrected chi connectivity index (χ3v) is 4.72. The van der Waals surface area contributed by atoms with Crippen LogP contribution in [0.15, 0.2) is 24.3 Å². The van der Waals surface area contributed by atoms with Gasteiger partial charge in [0.1, 0.15) is 5.75 Å². The van der Waals surface area contributed by atoms with Gasteiger partial charge < -0.3 is 10.1 Å². The summed E-state index contributed by atoms with van der Waals surface area (Å²) in [7, 11) is 3.45. The minimum absolute atomic E-state index is 0.285. The van der Waals surface area contributed by atoms with Crippen molar-refractivity contribution in [2.45, 2.75) is 25.6 Å². The molecule has 2 N–H and O–H groups in total. The lowest BCUT2D eigenvalue weighted by Crippen LogP contribution is -2.49. The number of benzene rings is 1. The minimum atomic E-state index is -0.677. The molecule has 1 aliphatic rings. The molecule has 1 aromatic rings. The summed E-state index contributed by atoms with van der Waals surface area (Å²) >= 11 is 0. The molecular formula is C19H27N5O. The first kappa shape index (κ1) is 19.2. The van der Waals surface area contributed by atoms with Crippen molar-refractivity contribution in [1.82, 2.24) is 15.5 Å². The van der Waals surface area contributed by atoms with Crippen LogP contribution in [0.2, 0.25) is 0 Å². The topological polar surface area (TPSA) is 84.1 Å². The van der Waals surface area contributed by atoms with Crippen LogP contribution < -0.4 is 15.4 Å². The zero-order valence-electron chi connectivity index (χ0n) is 15.0. The van der Waals surface area contributed by atoms with Gasteiger partial charge in [-0.05, 0) is 50.0 Å². The molecule has 0 radical (unpaired) electrons. The summed E-state index contributed by atoms with van der Waals surface area (Å²) in [4.78, 5) is 2.47. The molecule has 1 aromatic carbocycles. The van der Waals surface area contributed by atoms with E-state index < -0.39 is 5.92 Å². The van der Waals surface area contributed by atoms with Crippen LogP contribution >= 0.6 is 0 Å². The number of rotatable bonds is 8. The summed E-state index contributed by atoms with van der Waals surface area (Å²) in [5.74, 6) is 0.733. The molecule has 2 atom stereocenters. The number of nitriles is 2. The number of nitrogens with one attached hydrogen (secondary N) is 2. The number of methoxy groups -OCH3 is 1. The van der Waals surface area contributed by atoms with Gasteiger partial charge in [0.25, 0.3) is 0 Å². The van der Waals surface area contributed by atoms with Crippen LogP contribution in [0.25, 0.3) is 0 Å². The van der Waals surface area contributed by atoms with Crippen molar-refractivity contribution in [3.63, 3.8) is 0 Å². The summed E-state index contributed by atoms with van der Waals surface area (Å²) in [6.45, 7) is 3.88. The molecule has 1 saturated heterocycles. The summed E-state index contributed by atoms with van der Waals surface area (Å²) in [6, 6.07) is 12.3. The molecule has 6 heteroatoms. The summed E-state index contributed by atoms with van der Waals surface area (Å²) < 4.78 is 5.21. The molecule has 0 aromatic heterocycles. The molecular weight excluding hydrogens is 314 g/mol. The largest absolute Gasteiger partial charge is 0.497 e. The molecule has 0 saturated carbocycles. The maximum Gasteiger partial charge on any atom is 0.161 e. The van der Waals surface area contributed by atoms with E-state index in [0.717, 1.165) is 31.9 Å². The number of ether oxygens (including phenoxy) is 1. The zero-order chi connectivity index (χ0) is 18.1. The quantitative estimate of drug-likeness (QED) is 0.700. The van der Waals surface area contributed by atoms with Crippen LogP contribution in [0.3, 0.4) is 0 Å². The van der Waals surface area contributed by atoms with E-state index in [0.29, 0.717) is 5.92 Å². The third kappa shape index (κ3) is 5.72. The fourth-order valence-corrected chi connectivity index (χ4v) is 3.31. The number of hydrogen-bond acceptors (Lipinski definition) is 6. The van der Waals surface area contributed by atoms with Crippen molar-refractivity contribution in [3.05, 3.63) is 29.8 Å². The van der Waals surface area contributed by atoms with Gasteiger partial charge in [-0.3, -0.25) is 10.2 Å². The molecule has 2 rings (SSSR count). The molecule has 134 valence electrons. The van der Waals surface area contributed by atoms with Crippen LogP contribution in [0, 0.1) is 34.5 Å². The highest BCUT2D eigenvalue weighted by Gasteiger charge is 2.23. The predicted octanol–water partition coefficient (Wildman–Crippen LogP) is 1.71. The molecule has 0 amide bonds. The van der Waals surface area contributed by atoms with E-state index in [2.05, 4.69) is 27.7 Å². The smallest absolute Gasteiger partial charge is 0.161 e. The first-order chi connectivity index (χ1) is 12.2. The highest BCUT2D eigenvalue weighted by atomic mass is 16.5. The average molecular weight is 341 g/mol. The Hall–Kier alpha value is -2.12. The van der Waals surface area contributed by atoms with Crippen molar-refractivity contribution in [2.75, 3.05) is 33.8 Å². The van der Waals surface area contributed by atoms with Gasteiger partial charge in [0.2, 0.25) is 0 Å². The second kappa shape index (κ2) is 10.0. The van der Waals surface area contributed by atoms with E-state index in [4.69, 9.17) is 15.3 Å². The van der Waals surface area contributed by atoms with Gasteiger partial charge in [0.05, 0.1) is 25.4 Å². The molecule has 6 nitrogen and oxygen atoms in total. The Balaban J connectivity index is 1.83. The number of piperidine rings is 1. The highest BCUT2D eigenvalue weighted by molar-refractivity contribution is 5.27. The van der Waals surface area contributed by atoms with Gasteiger partial charge in [-0.25, -0.2) is 0 Å². The maximum atomic E-state index is 9.04. The standard InChI is InChI=1S/C19H27N5O/c1-22-19(17(10-20)11-21)23-12-16-4-3-9-24(14-16)13-15-5-7-18(25-2)8-6-15/h5-8,16-17,19,22-23H,3-4,9,12-14H2,1-2H3. The van der Waals surface area contributed by atoms with Gasteiger partial charge >= 0.3 is 0 Å².